The van der Waals surface area contributed by atoms with Crippen molar-refractivity contribution in [3.63, 3.8) is 0 Å². The molecule has 1 aromatic carbocycles. The van der Waals surface area contributed by atoms with Gasteiger partial charge >= 0.3 is 0 Å². The van der Waals surface area contributed by atoms with E-state index in [2.05, 4.69) is 34.9 Å². The molecule has 0 unspecified atom stereocenters. The van der Waals surface area contributed by atoms with Gasteiger partial charge in [-0.25, -0.2) is 0 Å². The summed E-state index contributed by atoms with van der Waals surface area (Å²) in [5.41, 5.74) is 2.96. The molecule has 1 aliphatic carbocycles. The number of rotatable bonds is 4. The quantitative estimate of drug-likeness (QED) is 0.790. The molecule has 1 amide bonds. The number of anilines is 2. The molecular weight excluding hydrogens is 264 g/mol. The van der Waals surface area contributed by atoms with E-state index in [1.807, 2.05) is 18.2 Å². The Balaban J connectivity index is 1.65. The van der Waals surface area contributed by atoms with Crippen molar-refractivity contribution < 1.29 is 4.79 Å². The van der Waals surface area contributed by atoms with Crippen LogP contribution in [0.2, 0.25) is 0 Å². The number of carbonyl (C=O) groups is 1. The largest absolute Gasteiger partial charge is 0.382 e. The SMILES string of the molecule is CN(C)C1(CNC(=O)c2ccc3c(c2)NCCN3)CCC1. The summed E-state index contributed by atoms with van der Waals surface area (Å²) in [6.07, 6.45) is 3.58. The van der Waals surface area contributed by atoms with E-state index in [4.69, 9.17) is 0 Å². The lowest BCUT2D eigenvalue weighted by Gasteiger charge is -2.47. The number of fused-ring (bicyclic) bond motifs is 1. The summed E-state index contributed by atoms with van der Waals surface area (Å²) in [6.45, 7) is 2.54. The average molecular weight is 288 g/mol. The third kappa shape index (κ3) is 2.70. The van der Waals surface area contributed by atoms with Crippen molar-refractivity contribution in [2.45, 2.75) is 24.8 Å². The van der Waals surface area contributed by atoms with Crippen LogP contribution in [0, 0.1) is 0 Å². The first kappa shape index (κ1) is 14.2. The lowest BCUT2D eigenvalue weighted by molar-refractivity contribution is 0.0557. The lowest BCUT2D eigenvalue weighted by atomic mass is 9.75. The molecule has 21 heavy (non-hydrogen) atoms. The highest BCUT2D eigenvalue weighted by Gasteiger charge is 2.39. The number of amides is 1. The summed E-state index contributed by atoms with van der Waals surface area (Å²) in [5.74, 6) is 0.0123. The van der Waals surface area contributed by atoms with Crippen LogP contribution >= 0.6 is 0 Å². The Bertz CT molecular complexity index is 537. The summed E-state index contributed by atoms with van der Waals surface area (Å²) in [6, 6.07) is 5.79. The maximum atomic E-state index is 12.4. The van der Waals surface area contributed by atoms with Gasteiger partial charge in [0.2, 0.25) is 0 Å². The molecular formula is C16H24N4O. The predicted octanol–water partition coefficient (Wildman–Crippen LogP) is 1.74. The molecule has 0 spiro atoms. The minimum Gasteiger partial charge on any atom is -0.382 e. The van der Waals surface area contributed by atoms with Crippen molar-refractivity contribution in [2.24, 2.45) is 0 Å². The highest BCUT2D eigenvalue weighted by molar-refractivity contribution is 5.96. The number of likely N-dealkylation sites (N-methyl/N-ethyl adjacent to an activating group) is 1. The van der Waals surface area contributed by atoms with Gasteiger partial charge in [-0.1, -0.05) is 0 Å². The zero-order chi connectivity index (χ0) is 14.9. The van der Waals surface area contributed by atoms with Gasteiger partial charge in [0.05, 0.1) is 11.4 Å². The zero-order valence-corrected chi connectivity index (χ0v) is 12.8. The number of hydrogen-bond acceptors (Lipinski definition) is 4. The summed E-state index contributed by atoms with van der Waals surface area (Å²) >= 11 is 0. The molecule has 1 heterocycles. The van der Waals surface area contributed by atoms with E-state index in [1.165, 1.54) is 6.42 Å². The first-order chi connectivity index (χ1) is 10.1. The van der Waals surface area contributed by atoms with E-state index < -0.39 is 0 Å². The van der Waals surface area contributed by atoms with Crippen LogP contribution in [0.4, 0.5) is 11.4 Å². The molecule has 114 valence electrons. The van der Waals surface area contributed by atoms with Crippen molar-refractivity contribution in [2.75, 3.05) is 44.4 Å². The highest BCUT2D eigenvalue weighted by Crippen LogP contribution is 2.35. The van der Waals surface area contributed by atoms with Gasteiger partial charge in [0, 0.05) is 30.7 Å². The molecule has 0 bridgehead atoms. The van der Waals surface area contributed by atoms with Crippen LogP contribution in [0.3, 0.4) is 0 Å². The standard InChI is InChI=1S/C16H24N4O/c1-20(2)16(6-3-7-16)11-19-15(21)12-4-5-13-14(10-12)18-9-8-17-13/h4-5,10,17-18H,3,6-9,11H2,1-2H3,(H,19,21). The van der Waals surface area contributed by atoms with Crippen molar-refractivity contribution in [3.05, 3.63) is 23.8 Å². The smallest absolute Gasteiger partial charge is 0.251 e. The topological polar surface area (TPSA) is 56.4 Å². The second-order valence-electron chi connectivity index (χ2n) is 6.27. The molecule has 2 aliphatic rings. The molecule has 0 aromatic heterocycles. The van der Waals surface area contributed by atoms with E-state index in [9.17, 15) is 4.79 Å². The highest BCUT2D eigenvalue weighted by atomic mass is 16.1. The van der Waals surface area contributed by atoms with Crippen LogP contribution in [0.25, 0.3) is 0 Å². The molecule has 1 saturated carbocycles. The van der Waals surface area contributed by atoms with Gasteiger partial charge in [0.1, 0.15) is 0 Å². The lowest BCUT2D eigenvalue weighted by Crippen LogP contribution is -2.57. The van der Waals surface area contributed by atoms with E-state index in [0.717, 1.165) is 49.4 Å². The van der Waals surface area contributed by atoms with Gasteiger partial charge in [-0.05, 0) is 51.6 Å². The van der Waals surface area contributed by atoms with Crippen LogP contribution in [0.5, 0.6) is 0 Å². The Kier molecular flexibility index (Phi) is 3.76. The minimum atomic E-state index is 0.0123. The van der Waals surface area contributed by atoms with E-state index in [-0.39, 0.29) is 11.4 Å². The third-order valence-electron chi connectivity index (χ3n) is 4.85. The molecule has 0 atom stereocenters. The van der Waals surface area contributed by atoms with Gasteiger partial charge < -0.3 is 20.9 Å². The fraction of sp³-hybridized carbons (Fsp3) is 0.562. The van der Waals surface area contributed by atoms with Crippen LogP contribution in [0.15, 0.2) is 18.2 Å². The molecule has 1 fully saturated rings. The number of hydrogen-bond donors (Lipinski definition) is 3. The molecule has 3 rings (SSSR count). The predicted molar refractivity (Wildman–Crippen MR) is 86.0 cm³/mol. The molecule has 5 nitrogen and oxygen atoms in total. The van der Waals surface area contributed by atoms with Crippen molar-refractivity contribution in [1.82, 2.24) is 10.2 Å². The van der Waals surface area contributed by atoms with E-state index in [0.29, 0.717) is 0 Å². The van der Waals surface area contributed by atoms with E-state index >= 15 is 0 Å². The molecule has 5 heteroatoms. The van der Waals surface area contributed by atoms with Crippen molar-refractivity contribution in [3.8, 4) is 0 Å². The molecule has 0 radical (unpaired) electrons. The average Bonchev–Trinajstić information content (AvgIpc) is 2.45. The van der Waals surface area contributed by atoms with Gasteiger partial charge in [-0.15, -0.1) is 0 Å². The monoisotopic (exact) mass is 288 g/mol. The van der Waals surface area contributed by atoms with Crippen LogP contribution in [-0.2, 0) is 0 Å². The molecule has 1 aromatic rings. The number of carbonyl (C=O) groups excluding carboxylic acids is 1. The molecule has 1 aliphatic heterocycles. The number of nitrogens with one attached hydrogen (secondary N) is 3. The second-order valence-corrected chi connectivity index (χ2v) is 6.27. The van der Waals surface area contributed by atoms with Crippen LogP contribution in [-0.4, -0.2) is 50.1 Å². The fourth-order valence-corrected chi connectivity index (χ4v) is 3.09. The summed E-state index contributed by atoms with van der Waals surface area (Å²) in [7, 11) is 4.19. The molecule has 3 N–H and O–H groups in total. The van der Waals surface area contributed by atoms with Gasteiger partial charge in [0.15, 0.2) is 0 Å². The Labute approximate surface area is 126 Å². The first-order valence-corrected chi connectivity index (χ1v) is 7.68. The summed E-state index contributed by atoms with van der Waals surface area (Å²) in [4.78, 5) is 14.6. The van der Waals surface area contributed by atoms with Crippen molar-refractivity contribution in [1.29, 1.82) is 0 Å². The maximum absolute atomic E-state index is 12.4. The number of nitrogens with zero attached hydrogens (tertiary/aromatic N) is 1. The van der Waals surface area contributed by atoms with Gasteiger partial charge in [0.25, 0.3) is 5.91 Å². The summed E-state index contributed by atoms with van der Waals surface area (Å²) in [5, 5.41) is 9.74. The van der Waals surface area contributed by atoms with E-state index in [1.54, 1.807) is 0 Å². The van der Waals surface area contributed by atoms with Crippen LogP contribution in [0.1, 0.15) is 29.6 Å². The summed E-state index contributed by atoms with van der Waals surface area (Å²) < 4.78 is 0. The Hall–Kier alpha value is -1.75. The normalized spacial score (nSPS) is 19.0. The van der Waals surface area contributed by atoms with Crippen LogP contribution < -0.4 is 16.0 Å². The van der Waals surface area contributed by atoms with Gasteiger partial charge in [-0.2, -0.15) is 0 Å². The Morgan fingerprint density at radius 3 is 2.57 bits per heavy atom. The third-order valence-corrected chi connectivity index (χ3v) is 4.85. The number of benzene rings is 1. The zero-order valence-electron chi connectivity index (χ0n) is 12.8. The van der Waals surface area contributed by atoms with Gasteiger partial charge in [-0.3, -0.25) is 4.79 Å². The van der Waals surface area contributed by atoms with Crippen molar-refractivity contribution >= 4 is 17.3 Å². The second kappa shape index (κ2) is 5.56. The molecule has 0 saturated heterocycles. The Morgan fingerprint density at radius 2 is 1.95 bits per heavy atom. The first-order valence-electron chi connectivity index (χ1n) is 7.68. The Morgan fingerprint density at radius 1 is 1.24 bits per heavy atom. The minimum absolute atomic E-state index is 0.0123. The maximum Gasteiger partial charge on any atom is 0.251 e. The fourth-order valence-electron chi connectivity index (χ4n) is 3.09.